The zero-order chi connectivity index (χ0) is 94.0. The minimum absolute atomic E-state index is 0. The number of nitrogens with one attached hydrogen (secondary N) is 6. The lowest BCUT2D eigenvalue weighted by Crippen LogP contribution is -2.58. The van der Waals surface area contributed by atoms with Crippen molar-refractivity contribution in [1.29, 1.82) is 0 Å². The molecule has 3 aliphatic heterocycles. The fraction of sp³-hybridized carbons (Fsp3) is 0.557. The molecule has 127 heavy (non-hydrogen) atoms. The molecule has 3 aromatic rings. The van der Waals surface area contributed by atoms with Crippen LogP contribution in [0.15, 0.2) is 104 Å². The van der Waals surface area contributed by atoms with E-state index in [0.717, 1.165) is 35.4 Å². The number of hydrogen-bond acceptors (Lipinski definition) is 25. The van der Waals surface area contributed by atoms with Crippen molar-refractivity contribution in [3.8, 4) is 11.1 Å². The number of hydrogen-bond donors (Lipinski definition) is 8. The summed E-state index contributed by atoms with van der Waals surface area (Å²) in [5, 5.41) is 29.6. The van der Waals surface area contributed by atoms with Crippen molar-refractivity contribution < 1.29 is 133 Å². The lowest BCUT2D eigenvalue weighted by Gasteiger charge is -2.30. The number of methoxy groups -OCH3 is 2. The molecule has 8 atom stereocenters. The Bertz CT molecular complexity index is 4560. The monoisotopic (exact) mass is 1800 g/mol. The number of amides is 10. The minimum atomic E-state index is -4.01. The number of carboxylic acids is 2. The molecule has 3 heterocycles. The maximum atomic E-state index is 14.5. The van der Waals surface area contributed by atoms with E-state index in [9.17, 15) is 89.8 Å². The molecule has 3 fully saturated rings. The molecule has 9 rings (SSSR count). The van der Waals surface area contributed by atoms with Crippen LogP contribution in [-0.2, 0) is 104 Å². The summed E-state index contributed by atoms with van der Waals surface area (Å²) in [6.07, 6.45) is 2.55. The number of sulfonamides is 1. The van der Waals surface area contributed by atoms with E-state index in [0.29, 0.717) is 36.7 Å². The van der Waals surface area contributed by atoms with Gasteiger partial charge in [0.1, 0.15) is 83.0 Å². The lowest BCUT2D eigenvalue weighted by atomic mass is 9.98. The molecule has 8 N–H and O–H groups in total. The fourth-order valence-corrected chi connectivity index (χ4v) is 15.1. The molecule has 0 unspecified atom stereocenters. The summed E-state index contributed by atoms with van der Waals surface area (Å²) < 4.78 is 83.3. The van der Waals surface area contributed by atoms with Gasteiger partial charge >= 0.3 is 60.4 Å². The number of esters is 2. The zero-order valence-corrected chi connectivity index (χ0v) is 74.5. The van der Waals surface area contributed by atoms with Crippen LogP contribution in [0, 0.1) is 11.7 Å². The standard InChI is InChI=1S/C37H47FN6O10S.C28H34N2O6.C11H19NO6.C11H19NO5.CH4/c1-5-30(45)42-15-7-10-23-18-37(23,33(48)41-55(51,52)25-13-14-25)40-31(46)29-17-24(53-35(50)43-19-22-9-6-11-27(38)26(22)21-43)20-44(29)32(47)28(12-8-16-42)39-34(49)54-36(2,3)4;1-5-16-30(17-10-15-24(25(31)32)29-26(33)36-28(2,3)4)27(34)35-18-23-21-13-8-6-11-19(21)20-12-7-9-14-22(20)23;1-11(2,3)18-10(16)12-7(9(15)17-4)5-6-8(13)14;1-11(2,3)17-10(15)12-8(6-5-7-13)9(14)16-4;/h5-7,9-11,23-25,28-29H,1,8,12-21H2,2-4H3,(H,39,49)(H,40,46)(H,41,48);5-9,11-14,23-24H,1,10,15-18H2,2-4H3,(H,29,33)(H,31,32);7H,5-6H2,1-4H3,(H,12,16)(H,13,14);7-8H,5-6H2,1-4H3,(H,12,15);1H4/b10-7-;;;;/t23-,24-,28+,29+,37-;24-;7-;8-;/m1000./s1. The van der Waals surface area contributed by atoms with Crippen LogP contribution in [-0.4, -0.2) is 252 Å². The van der Waals surface area contributed by atoms with Crippen LogP contribution in [0.1, 0.15) is 196 Å². The van der Waals surface area contributed by atoms with Gasteiger partial charge in [-0.1, -0.05) is 92.9 Å². The number of carbonyl (C=O) groups is 15. The molecule has 37 nitrogen and oxygen atoms in total. The van der Waals surface area contributed by atoms with Gasteiger partial charge in [0, 0.05) is 69.4 Å². The smallest absolute Gasteiger partial charge is 0.410 e. The topological polar surface area (TPSA) is 490 Å². The SMILES string of the molecule is C.C=CC(=O)N1C/C=C\[C@@H]2C[C@@]2(C(=O)NS(=O)(=O)C2CC2)NC(=O)[C@@H]2C[C@@H](OC(=O)N3Cc4cccc(F)c4C3)CN2C(=O)[C@@H](NC(=O)OC(C)(C)C)CCC1.C=CCN(CCC[C@H](NC(=O)OC(C)(C)C)C(=O)O)C(=O)OCC1c2ccccc2-c2ccccc21.COC(=O)[C@H](CCC(=O)O)NC(=O)OC(C)(C)C.COC(=O)[C@H](CCC=O)NC(=O)OC(C)(C)C. The quantitative estimate of drug-likeness (QED) is 0.0122. The minimum Gasteiger partial charge on any atom is -0.481 e. The summed E-state index contributed by atoms with van der Waals surface area (Å²) in [7, 11) is -1.63. The highest BCUT2D eigenvalue weighted by molar-refractivity contribution is 7.91. The number of ether oxygens (including phenoxy) is 8. The van der Waals surface area contributed by atoms with Gasteiger partial charge in [-0.15, -0.1) is 6.58 Å². The third kappa shape index (κ3) is 33.3. The summed E-state index contributed by atoms with van der Waals surface area (Å²) in [5.74, 6) is -7.56. The highest BCUT2D eigenvalue weighted by Crippen LogP contribution is 2.47. The molecule has 0 bridgehead atoms. The van der Waals surface area contributed by atoms with Gasteiger partial charge in [0.05, 0.1) is 32.6 Å². The molecule has 0 spiro atoms. The van der Waals surface area contributed by atoms with Crippen molar-refractivity contribution >= 4 is 100 Å². The van der Waals surface area contributed by atoms with Crippen LogP contribution in [0.3, 0.4) is 0 Å². The number of benzene rings is 3. The Morgan fingerprint density at radius 2 is 1.24 bits per heavy atom. The number of fused-ring (bicyclic) bond motifs is 6. The Morgan fingerprint density at radius 1 is 0.701 bits per heavy atom. The Balaban J connectivity index is 0.000000339. The number of carbonyl (C=O) groups excluding carboxylic acids is 13. The molecule has 0 aromatic heterocycles. The summed E-state index contributed by atoms with van der Waals surface area (Å²) >= 11 is 0. The van der Waals surface area contributed by atoms with E-state index in [1.165, 1.54) is 32.8 Å². The first-order chi connectivity index (χ1) is 59.0. The number of aliphatic carboxylic acids is 2. The average molecular weight is 1800 g/mol. The molecule has 3 aromatic carbocycles. The number of halogens is 1. The third-order valence-corrected chi connectivity index (χ3v) is 21.6. The van der Waals surface area contributed by atoms with E-state index in [2.05, 4.69) is 78.2 Å². The van der Waals surface area contributed by atoms with Gasteiger partial charge in [0.25, 0.3) is 5.91 Å². The molecular weight excluding hydrogens is 1680 g/mol. The first-order valence-electron chi connectivity index (χ1n) is 41.2. The van der Waals surface area contributed by atoms with Crippen molar-refractivity contribution in [3.05, 3.63) is 132 Å². The van der Waals surface area contributed by atoms with Crippen molar-refractivity contribution in [2.24, 2.45) is 5.92 Å². The lowest BCUT2D eigenvalue weighted by molar-refractivity contribution is -0.144. The Labute approximate surface area is 739 Å². The van der Waals surface area contributed by atoms with Gasteiger partial charge in [0.2, 0.25) is 27.7 Å². The van der Waals surface area contributed by atoms with Crippen LogP contribution in [0.2, 0.25) is 0 Å². The first kappa shape index (κ1) is 105. The van der Waals surface area contributed by atoms with Gasteiger partial charge in [-0.25, -0.2) is 56.0 Å². The molecule has 700 valence electrons. The predicted molar refractivity (Wildman–Crippen MR) is 460 cm³/mol. The van der Waals surface area contributed by atoms with Crippen molar-refractivity contribution in [3.63, 3.8) is 0 Å². The van der Waals surface area contributed by atoms with Crippen molar-refractivity contribution in [1.82, 2.24) is 50.9 Å². The number of aldehydes is 1. The predicted octanol–water partition coefficient (Wildman–Crippen LogP) is 9.76. The van der Waals surface area contributed by atoms with Gasteiger partial charge in [-0.05, 0) is 181 Å². The van der Waals surface area contributed by atoms with E-state index in [1.807, 2.05) is 24.3 Å². The van der Waals surface area contributed by atoms with Crippen LogP contribution in [0.4, 0.5) is 33.2 Å². The van der Waals surface area contributed by atoms with Gasteiger partial charge in [-0.3, -0.25) is 33.6 Å². The average Bonchev–Trinajstić information content (AvgIpc) is 1.57. The fourth-order valence-electron chi connectivity index (χ4n) is 13.7. The van der Waals surface area contributed by atoms with Crippen molar-refractivity contribution in [2.45, 2.75) is 256 Å². The van der Waals surface area contributed by atoms with Gasteiger partial charge in [0.15, 0.2) is 0 Å². The number of nitrogens with zero attached hydrogens (tertiary/aromatic N) is 4. The van der Waals surface area contributed by atoms with E-state index in [1.54, 1.807) is 113 Å². The van der Waals surface area contributed by atoms with E-state index >= 15 is 0 Å². The first-order valence-corrected chi connectivity index (χ1v) is 42.7. The molecule has 6 aliphatic rings. The molecule has 39 heteroatoms. The second-order valence-corrected chi connectivity index (χ2v) is 36.5. The molecule has 3 aliphatic carbocycles. The normalized spacial score (nSPS) is 19.1. The highest BCUT2D eigenvalue weighted by atomic mass is 32.2. The van der Waals surface area contributed by atoms with Gasteiger partial charge < -0.3 is 94.2 Å². The van der Waals surface area contributed by atoms with Crippen molar-refractivity contribution in [2.75, 3.05) is 53.6 Å². The number of alkyl carbamates (subject to hydrolysis) is 4. The largest absolute Gasteiger partial charge is 0.481 e. The third-order valence-electron chi connectivity index (χ3n) is 19.8. The number of carboxylic acid groups (broad SMARTS) is 2. The Morgan fingerprint density at radius 3 is 1.75 bits per heavy atom. The summed E-state index contributed by atoms with van der Waals surface area (Å²) in [6.45, 7) is 28.2. The highest BCUT2D eigenvalue weighted by Gasteiger charge is 2.62. The maximum absolute atomic E-state index is 14.5. The second-order valence-electron chi connectivity index (χ2n) is 34.5. The Hall–Kier alpha value is -12.2. The van der Waals surface area contributed by atoms with Crippen LogP contribution >= 0.6 is 0 Å². The Kier molecular flexibility index (Phi) is 38.9. The molecule has 1 saturated heterocycles. The summed E-state index contributed by atoms with van der Waals surface area (Å²) in [5.41, 5.74) is 0.829. The van der Waals surface area contributed by atoms with Gasteiger partial charge in [-0.2, -0.15) is 0 Å². The second kappa shape index (κ2) is 46.9. The number of rotatable bonds is 26. The molecule has 0 radical (unpaired) electrons. The van der Waals surface area contributed by atoms with Crippen LogP contribution in [0.5, 0.6) is 0 Å². The van der Waals surface area contributed by atoms with E-state index < -0.39 is 175 Å². The summed E-state index contributed by atoms with van der Waals surface area (Å²) in [4.78, 5) is 190. The molecule has 10 amide bonds. The van der Waals surface area contributed by atoms with E-state index in [4.69, 9.17) is 33.5 Å². The molecular formula is C88H123FN10O27S. The van der Waals surface area contributed by atoms with Crippen LogP contribution in [0.25, 0.3) is 11.1 Å². The van der Waals surface area contributed by atoms with E-state index in [-0.39, 0.29) is 124 Å². The zero-order valence-electron chi connectivity index (χ0n) is 73.7. The van der Waals surface area contributed by atoms with Crippen LogP contribution < -0.4 is 31.3 Å². The maximum Gasteiger partial charge on any atom is 0.410 e. The molecule has 2 saturated carbocycles. The summed E-state index contributed by atoms with van der Waals surface area (Å²) in [6, 6.07) is 15.2.